The van der Waals surface area contributed by atoms with Gasteiger partial charge in [-0.05, 0) is 32.2 Å². The average molecular weight is 219 g/mol. The van der Waals surface area contributed by atoms with Gasteiger partial charge in [0.15, 0.2) is 5.82 Å². The lowest BCUT2D eigenvalue weighted by Crippen LogP contribution is -2.25. The average Bonchev–Trinajstić information content (AvgIpc) is 2.94. The van der Waals surface area contributed by atoms with E-state index in [2.05, 4.69) is 28.2 Å². The van der Waals surface area contributed by atoms with Crippen LogP contribution in [-0.2, 0) is 6.42 Å². The van der Waals surface area contributed by atoms with Crippen molar-refractivity contribution in [3.05, 3.63) is 17.8 Å². The van der Waals surface area contributed by atoms with E-state index in [4.69, 9.17) is 4.52 Å². The Morgan fingerprint density at radius 1 is 1.50 bits per heavy atom. The largest absolute Gasteiger partial charge is 0.334 e. The van der Waals surface area contributed by atoms with Crippen molar-refractivity contribution in [3.63, 3.8) is 0 Å². The Hall–Kier alpha value is -1.16. The van der Waals surface area contributed by atoms with Crippen molar-refractivity contribution in [1.29, 1.82) is 0 Å². The molecule has 16 heavy (non-hydrogen) atoms. The molecule has 2 aliphatic rings. The van der Waals surface area contributed by atoms with Gasteiger partial charge in [-0.3, -0.25) is 0 Å². The SMILES string of the molecule is CN1CCC=C(c2nc(CC3CC3)no2)C1. The summed E-state index contributed by atoms with van der Waals surface area (Å²) in [4.78, 5) is 6.75. The lowest BCUT2D eigenvalue weighted by atomic mass is 10.1. The number of aromatic nitrogens is 2. The molecule has 0 amide bonds. The third kappa shape index (κ3) is 2.16. The minimum Gasteiger partial charge on any atom is -0.334 e. The van der Waals surface area contributed by atoms with Crippen LogP contribution in [0.25, 0.3) is 5.57 Å². The summed E-state index contributed by atoms with van der Waals surface area (Å²) in [6.07, 6.45) is 6.94. The molecule has 1 aromatic heterocycles. The topological polar surface area (TPSA) is 42.2 Å². The van der Waals surface area contributed by atoms with Crippen LogP contribution in [-0.4, -0.2) is 35.2 Å². The number of hydrogen-bond donors (Lipinski definition) is 0. The van der Waals surface area contributed by atoms with Gasteiger partial charge >= 0.3 is 0 Å². The summed E-state index contributed by atoms with van der Waals surface area (Å²) in [5.41, 5.74) is 1.18. The number of hydrogen-bond acceptors (Lipinski definition) is 4. The molecule has 1 saturated carbocycles. The van der Waals surface area contributed by atoms with E-state index in [0.29, 0.717) is 0 Å². The van der Waals surface area contributed by atoms with E-state index in [9.17, 15) is 0 Å². The molecule has 3 rings (SSSR count). The van der Waals surface area contributed by atoms with Gasteiger partial charge in [-0.15, -0.1) is 0 Å². The third-order valence-electron chi connectivity index (χ3n) is 3.25. The maximum absolute atomic E-state index is 5.33. The molecule has 1 aliphatic heterocycles. The highest BCUT2D eigenvalue weighted by Crippen LogP contribution is 2.32. The Kier molecular flexibility index (Phi) is 2.52. The van der Waals surface area contributed by atoms with Crippen LogP contribution in [0.5, 0.6) is 0 Å². The molecule has 0 atom stereocenters. The van der Waals surface area contributed by atoms with Gasteiger partial charge in [-0.2, -0.15) is 4.98 Å². The maximum Gasteiger partial charge on any atom is 0.254 e. The van der Waals surface area contributed by atoms with Crippen molar-refractivity contribution in [2.24, 2.45) is 5.92 Å². The molecule has 0 bridgehead atoms. The van der Waals surface area contributed by atoms with Gasteiger partial charge in [0.1, 0.15) is 0 Å². The first-order valence-corrected chi connectivity index (χ1v) is 6.02. The molecule has 0 aromatic carbocycles. The molecule has 0 radical (unpaired) electrons. The summed E-state index contributed by atoms with van der Waals surface area (Å²) >= 11 is 0. The molecule has 1 fully saturated rings. The lowest BCUT2D eigenvalue weighted by molar-refractivity contribution is 0.356. The van der Waals surface area contributed by atoms with E-state index in [-0.39, 0.29) is 0 Å². The lowest BCUT2D eigenvalue weighted by Gasteiger charge is -2.20. The molecule has 4 heteroatoms. The van der Waals surface area contributed by atoms with E-state index in [0.717, 1.165) is 43.6 Å². The van der Waals surface area contributed by atoms with Crippen molar-refractivity contribution in [3.8, 4) is 0 Å². The molecular weight excluding hydrogens is 202 g/mol. The Morgan fingerprint density at radius 3 is 3.12 bits per heavy atom. The first kappa shape index (κ1) is 10.0. The summed E-state index contributed by atoms with van der Waals surface area (Å²) in [5, 5.41) is 4.05. The van der Waals surface area contributed by atoms with Gasteiger partial charge in [0, 0.05) is 25.1 Å². The van der Waals surface area contributed by atoms with Crippen molar-refractivity contribution < 1.29 is 4.52 Å². The first-order valence-electron chi connectivity index (χ1n) is 6.02. The minimum atomic E-state index is 0.724. The highest BCUT2D eigenvalue weighted by molar-refractivity contribution is 5.60. The van der Waals surface area contributed by atoms with Gasteiger partial charge in [0.05, 0.1) is 0 Å². The summed E-state index contributed by atoms with van der Waals surface area (Å²) in [7, 11) is 2.12. The van der Waals surface area contributed by atoms with Crippen LogP contribution < -0.4 is 0 Å². The zero-order chi connectivity index (χ0) is 11.0. The monoisotopic (exact) mass is 219 g/mol. The van der Waals surface area contributed by atoms with Crippen molar-refractivity contribution in [2.45, 2.75) is 25.7 Å². The minimum absolute atomic E-state index is 0.724. The molecule has 2 heterocycles. The predicted molar refractivity (Wildman–Crippen MR) is 60.8 cm³/mol. The van der Waals surface area contributed by atoms with E-state index in [1.807, 2.05) is 0 Å². The normalized spacial score (nSPS) is 22.2. The van der Waals surface area contributed by atoms with Gasteiger partial charge in [0.25, 0.3) is 5.89 Å². The number of nitrogens with zero attached hydrogens (tertiary/aromatic N) is 3. The van der Waals surface area contributed by atoms with Gasteiger partial charge in [-0.1, -0.05) is 11.2 Å². The van der Waals surface area contributed by atoms with Crippen LogP contribution in [0.3, 0.4) is 0 Å². The molecule has 0 unspecified atom stereocenters. The Morgan fingerprint density at radius 2 is 2.38 bits per heavy atom. The molecule has 0 spiro atoms. The van der Waals surface area contributed by atoms with E-state index in [1.54, 1.807) is 0 Å². The predicted octanol–water partition coefficient (Wildman–Crippen LogP) is 1.74. The summed E-state index contributed by atoms with van der Waals surface area (Å²) in [5.74, 6) is 2.42. The molecule has 86 valence electrons. The molecule has 0 saturated heterocycles. The van der Waals surface area contributed by atoms with Crippen LogP contribution in [0, 0.1) is 5.92 Å². The fourth-order valence-corrected chi connectivity index (χ4v) is 2.10. The maximum atomic E-state index is 5.33. The van der Waals surface area contributed by atoms with Crippen LogP contribution in [0.15, 0.2) is 10.6 Å². The second kappa shape index (κ2) is 4.01. The highest BCUT2D eigenvalue weighted by Gasteiger charge is 2.24. The van der Waals surface area contributed by atoms with Gasteiger partial charge in [-0.25, -0.2) is 0 Å². The zero-order valence-electron chi connectivity index (χ0n) is 9.65. The smallest absolute Gasteiger partial charge is 0.254 e. The van der Waals surface area contributed by atoms with E-state index in [1.165, 1.54) is 18.4 Å². The molecular formula is C12H17N3O. The molecule has 1 aromatic rings. The molecule has 1 aliphatic carbocycles. The van der Waals surface area contributed by atoms with Gasteiger partial charge in [0.2, 0.25) is 0 Å². The van der Waals surface area contributed by atoms with Crippen LogP contribution in [0.4, 0.5) is 0 Å². The quantitative estimate of drug-likeness (QED) is 0.776. The van der Waals surface area contributed by atoms with Gasteiger partial charge < -0.3 is 9.42 Å². The molecule has 0 N–H and O–H groups in total. The Labute approximate surface area is 95.3 Å². The fourth-order valence-electron chi connectivity index (χ4n) is 2.10. The standard InChI is InChI=1S/C12H17N3O/c1-15-6-2-3-10(8-15)12-13-11(14-16-12)7-9-4-5-9/h3,9H,2,4-8H2,1H3. The van der Waals surface area contributed by atoms with Crippen molar-refractivity contribution in [1.82, 2.24) is 15.0 Å². The number of likely N-dealkylation sites (N-methyl/N-ethyl adjacent to an activating group) is 1. The van der Waals surface area contributed by atoms with Crippen molar-refractivity contribution in [2.75, 3.05) is 20.1 Å². The third-order valence-corrected chi connectivity index (χ3v) is 3.25. The summed E-state index contributed by atoms with van der Waals surface area (Å²) in [6.45, 7) is 2.04. The Balaban J connectivity index is 1.73. The van der Waals surface area contributed by atoms with E-state index >= 15 is 0 Å². The van der Waals surface area contributed by atoms with Crippen LogP contribution in [0.1, 0.15) is 31.0 Å². The Bertz CT molecular complexity index is 406. The number of rotatable bonds is 3. The second-order valence-electron chi connectivity index (χ2n) is 4.92. The van der Waals surface area contributed by atoms with Crippen LogP contribution >= 0.6 is 0 Å². The molecule has 4 nitrogen and oxygen atoms in total. The second-order valence-corrected chi connectivity index (χ2v) is 4.92. The fraction of sp³-hybridized carbons (Fsp3) is 0.667. The van der Waals surface area contributed by atoms with E-state index < -0.39 is 0 Å². The highest BCUT2D eigenvalue weighted by atomic mass is 16.5. The van der Waals surface area contributed by atoms with Crippen molar-refractivity contribution >= 4 is 5.57 Å². The summed E-state index contributed by atoms with van der Waals surface area (Å²) in [6, 6.07) is 0. The summed E-state index contributed by atoms with van der Waals surface area (Å²) < 4.78 is 5.33. The van der Waals surface area contributed by atoms with Crippen LogP contribution in [0.2, 0.25) is 0 Å². The zero-order valence-corrected chi connectivity index (χ0v) is 9.65. The first-order chi connectivity index (χ1) is 7.81.